The van der Waals surface area contributed by atoms with Crippen molar-refractivity contribution in [3.8, 4) is 6.07 Å². The second-order valence-electron chi connectivity index (χ2n) is 31.7. The lowest BCUT2D eigenvalue weighted by Crippen LogP contribution is -2.02. The topological polar surface area (TPSA) is 75.3 Å². The Morgan fingerprint density at radius 1 is 0.316 bits per heavy atom. The van der Waals surface area contributed by atoms with Crippen LogP contribution in [0.1, 0.15) is 347 Å². The van der Waals surface area contributed by atoms with Crippen LogP contribution in [0.4, 0.5) is 39.5 Å². The Morgan fingerprint density at radius 3 is 1.09 bits per heavy atom. The first-order chi connectivity index (χ1) is 53.1. The van der Waals surface area contributed by atoms with Crippen LogP contribution in [0.25, 0.3) is 0 Å². The fourth-order valence-corrected chi connectivity index (χ4v) is 10.4. The first-order valence-electron chi connectivity index (χ1n) is 39.5. The van der Waals surface area contributed by atoms with Crippen LogP contribution in [0.3, 0.4) is 0 Å². The van der Waals surface area contributed by atoms with Crippen molar-refractivity contribution >= 4 is 11.6 Å². The van der Waals surface area contributed by atoms with Gasteiger partial charge in [0.1, 0.15) is 35.5 Å². The lowest BCUT2D eigenvalue weighted by molar-refractivity contribution is 0.150. The van der Waals surface area contributed by atoms with Gasteiger partial charge in [-0.05, 0) is 278 Å². The van der Waals surface area contributed by atoms with E-state index in [1.54, 1.807) is 44.3 Å². The van der Waals surface area contributed by atoms with Crippen molar-refractivity contribution < 1.29 is 39.5 Å². The Balaban J connectivity index is 0.000000634. The Labute approximate surface area is 685 Å². The molecule has 0 saturated heterocycles. The van der Waals surface area contributed by atoms with Crippen LogP contribution in [0, 0.1) is 89.0 Å². The molecule has 620 valence electrons. The molecule has 2 unspecified atom stereocenters. The molecule has 114 heavy (non-hydrogen) atoms. The third kappa shape index (κ3) is 38.5. The maximum atomic E-state index is 13.5. The van der Waals surface area contributed by atoms with Gasteiger partial charge in [-0.1, -0.05) is 228 Å². The normalized spacial score (nSPS) is 11.2. The van der Waals surface area contributed by atoms with E-state index in [1.807, 2.05) is 137 Å². The molecule has 0 bridgehead atoms. The van der Waals surface area contributed by atoms with Crippen LogP contribution in [0.5, 0.6) is 0 Å². The summed E-state index contributed by atoms with van der Waals surface area (Å²) in [5.74, 6) is 2.14. The number of halogens is 10. The predicted octanol–water partition coefficient (Wildman–Crippen LogP) is 32.1. The van der Waals surface area contributed by atoms with Crippen LogP contribution >= 0.6 is 11.6 Å². The number of pyridine rings is 4. The number of nitriles is 1. The van der Waals surface area contributed by atoms with Crippen molar-refractivity contribution in [1.29, 1.82) is 5.26 Å². The van der Waals surface area contributed by atoms with Gasteiger partial charge in [0.15, 0.2) is 5.82 Å². The second kappa shape index (κ2) is 52.5. The predicted molar refractivity (Wildman–Crippen MR) is 463 cm³/mol. The van der Waals surface area contributed by atoms with Crippen molar-refractivity contribution in [2.45, 2.75) is 279 Å². The summed E-state index contributed by atoms with van der Waals surface area (Å²) >= 11 is 5.96. The number of benzene rings is 6. The number of alkyl halides is 4. The fourth-order valence-electron chi connectivity index (χ4n) is 10.2. The average molecular weight is 1600 g/mol. The van der Waals surface area contributed by atoms with Gasteiger partial charge >= 0.3 is 0 Å². The number of rotatable bonds is 13. The van der Waals surface area contributed by atoms with Gasteiger partial charge in [0.25, 0.3) is 6.43 Å². The van der Waals surface area contributed by atoms with E-state index in [0.29, 0.717) is 69.7 Å². The monoisotopic (exact) mass is 1590 g/mol. The van der Waals surface area contributed by atoms with Crippen molar-refractivity contribution in [3.63, 3.8) is 0 Å². The fraction of sp³-hybridized carbons (Fsp3) is 0.424. The van der Waals surface area contributed by atoms with Crippen LogP contribution < -0.4 is 0 Å². The molecular formula is C99H129ClF9N5. The van der Waals surface area contributed by atoms with Gasteiger partial charge in [0.2, 0.25) is 5.95 Å². The molecule has 4 heterocycles. The second-order valence-corrected chi connectivity index (χ2v) is 32.1. The van der Waals surface area contributed by atoms with Crippen molar-refractivity contribution in [2.24, 2.45) is 0 Å². The first-order valence-corrected chi connectivity index (χ1v) is 39.9. The summed E-state index contributed by atoms with van der Waals surface area (Å²) in [4.78, 5) is 15.2. The highest BCUT2D eigenvalue weighted by Gasteiger charge is 2.17. The van der Waals surface area contributed by atoms with Crippen molar-refractivity contribution in [2.75, 3.05) is 0 Å². The number of aryl methyl sites for hydroxylation is 6. The first kappa shape index (κ1) is 103. The summed E-state index contributed by atoms with van der Waals surface area (Å²) in [5, 5.41) is 9.65. The minimum Gasteiger partial charge on any atom is -0.262 e. The summed E-state index contributed by atoms with van der Waals surface area (Å²) in [5.41, 5.74) is 18.2. The lowest BCUT2D eigenvalue weighted by atomic mass is 9.98. The molecule has 0 aliphatic heterocycles. The SMILES string of the molecule is CC(C)c1ccnc(C(C)F)c1.CC(C)c1ccnc(C(C)F)c1F.CC(C)c1ccnc(F)c1.Cc1c(F)cc(C(C)C)cc1F.Cc1cc(C(C)C)ccn1.Cc1ccc(C(C)C)cc1.Cc1ccc(C(C)C)cc1C#N.Cc1ccc(C(C)C)cc1C(F)F.Cc1ccc(C(C)C)cc1Cl.Cc1ccc(C(C)C)cc1F. The molecule has 6 aromatic carbocycles. The Hall–Kier alpha value is -8.93. The average Bonchev–Trinajstić information content (AvgIpc) is 0.845. The molecule has 0 fully saturated rings. The summed E-state index contributed by atoms with van der Waals surface area (Å²) in [7, 11) is 0. The Morgan fingerprint density at radius 2 is 0.693 bits per heavy atom. The molecule has 2 atom stereocenters. The molecule has 4 aromatic heterocycles. The lowest BCUT2D eigenvalue weighted by Gasteiger charge is -2.10. The van der Waals surface area contributed by atoms with Gasteiger partial charge in [-0.25, -0.2) is 40.1 Å². The third-order valence-corrected chi connectivity index (χ3v) is 18.9. The van der Waals surface area contributed by atoms with E-state index in [0.717, 1.165) is 55.2 Å². The smallest absolute Gasteiger partial charge is 0.262 e. The molecule has 15 heteroatoms. The maximum absolute atomic E-state index is 13.5. The van der Waals surface area contributed by atoms with Gasteiger partial charge in [-0.2, -0.15) is 9.65 Å². The van der Waals surface area contributed by atoms with E-state index in [2.05, 4.69) is 171 Å². The largest absolute Gasteiger partial charge is 0.264 e. The molecule has 0 amide bonds. The number of hydrogen-bond acceptors (Lipinski definition) is 5. The minimum atomic E-state index is -2.36. The van der Waals surface area contributed by atoms with Crippen molar-refractivity contribution in [1.82, 2.24) is 19.9 Å². The highest BCUT2D eigenvalue weighted by atomic mass is 35.5. The molecule has 10 rings (SSSR count). The molecule has 10 aromatic rings. The maximum Gasteiger partial charge on any atom is 0.264 e. The summed E-state index contributed by atoms with van der Waals surface area (Å²) in [6.45, 7) is 57.1. The minimum absolute atomic E-state index is 0.0560. The van der Waals surface area contributed by atoms with E-state index >= 15 is 0 Å². The zero-order valence-corrected chi connectivity index (χ0v) is 74.0. The van der Waals surface area contributed by atoms with Crippen LogP contribution in [0.2, 0.25) is 5.02 Å². The van der Waals surface area contributed by atoms with Gasteiger partial charge in [0, 0.05) is 46.6 Å². The van der Waals surface area contributed by atoms with Gasteiger partial charge < -0.3 is 0 Å². The Kier molecular flexibility index (Phi) is 47.5. The third-order valence-electron chi connectivity index (χ3n) is 18.5. The van der Waals surface area contributed by atoms with Gasteiger partial charge in [0.05, 0.1) is 17.3 Å². The van der Waals surface area contributed by atoms with E-state index in [4.69, 9.17) is 16.9 Å². The summed E-state index contributed by atoms with van der Waals surface area (Å²) < 4.78 is 115. The molecule has 0 saturated carbocycles. The molecular weight excluding hydrogens is 1470 g/mol. The molecule has 0 aliphatic carbocycles. The molecule has 0 aliphatic rings. The standard InChI is InChI=1S/C11H14F2.C11H13N.C10H13Cl.C10H13F2N.C10H12F2.C10H14FN.C10H13F.C10H14.C9H13N.C8H10FN/c1-7(2)9-5-4-8(3)10(6-9)11(12)13;1-8(2)10-5-4-9(3)11(6-10)7-12;1-7(2)9-5-4-8(3)10(11)6-9;1-6(2)8-4-5-13-10(7(3)11)9(8)12;1-6(2)8-4-9(11)7(3)10(12)5-8;1-7(2)9-4-5-12-10(6-9)8(3)11;1-7(2)9-5-4-8(3)10(11)6-9;1-8(2)10-6-4-9(3)5-7-10;1-7(2)9-4-5-10-8(3)6-9;1-6(2)7-3-4-10-8(9)5-7/h4-7,11H,1-3H3;4-6,8H,1-3H3;4-7H,1-3H3;4-7H,1-3H3;4-6H,1-3H3;4-8H,1-3H3;4-7H,1-3H3;4-8H,1-3H3;4-7H,1-3H3;3-6H,1-2H3. The summed E-state index contributed by atoms with van der Waals surface area (Å²) in [6.07, 6.45) is 1.79. The van der Waals surface area contributed by atoms with E-state index < -0.39 is 42.2 Å². The molecule has 0 spiro atoms. The van der Waals surface area contributed by atoms with Crippen molar-refractivity contribution in [3.05, 3.63) is 328 Å². The van der Waals surface area contributed by atoms with Crippen LogP contribution in [-0.4, -0.2) is 19.9 Å². The Bertz CT molecular complexity index is 4290. The highest BCUT2D eigenvalue weighted by molar-refractivity contribution is 6.31. The quantitative estimate of drug-likeness (QED) is 0.0849. The van der Waals surface area contributed by atoms with E-state index in [1.165, 1.54) is 79.2 Å². The van der Waals surface area contributed by atoms with Gasteiger partial charge in [-0.3, -0.25) is 15.0 Å². The van der Waals surface area contributed by atoms with E-state index in [9.17, 15) is 39.5 Å². The van der Waals surface area contributed by atoms with E-state index in [-0.39, 0.29) is 34.5 Å². The molecule has 0 N–H and O–H groups in total. The molecule has 0 radical (unpaired) electrons. The summed E-state index contributed by atoms with van der Waals surface area (Å²) in [6, 6.07) is 49.5. The zero-order chi connectivity index (χ0) is 87.1. The zero-order valence-electron chi connectivity index (χ0n) is 73.3. The van der Waals surface area contributed by atoms with Gasteiger partial charge in [-0.15, -0.1) is 0 Å². The molecule has 5 nitrogen and oxygen atoms in total. The number of nitrogens with zero attached hydrogens (tertiary/aromatic N) is 5. The highest BCUT2D eigenvalue weighted by Crippen LogP contribution is 2.29. The number of hydrogen-bond donors (Lipinski definition) is 0. The number of aromatic nitrogens is 4. The van der Waals surface area contributed by atoms with Crippen LogP contribution in [-0.2, 0) is 0 Å². The van der Waals surface area contributed by atoms with Crippen LogP contribution in [0.15, 0.2) is 176 Å².